The third-order valence-electron chi connectivity index (χ3n) is 4.79. The smallest absolute Gasteiger partial charge is 0.262 e. The van der Waals surface area contributed by atoms with Gasteiger partial charge in [-0.05, 0) is 35.9 Å². The molecule has 0 bridgehead atoms. The van der Waals surface area contributed by atoms with Crippen molar-refractivity contribution in [2.45, 2.75) is 0 Å². The van der Waals surface area contributed by atoms with Gasteiger partial charge in [-0.1, -0.05) is 48.5 Å². The molecule has 3 aromatic carbocycles. The Balaban J connectivity index is 1.38. The van der Waals surface area contributed by atoms with Gasteiger partial charge in [0.15, 0.2) is 12.4 Å². The summed E-state index contributed by atoms with van der Waals surface area (Å²) in [5.74, 6) is 0.541. The van der Waals surface area contributed by atoms with E-state index in [4.69, 9.17) is 4.74 Å². The van der Waals surface area contributed by atoms with Crippen molar-refractivity contribution in [3.63, 3.8) is 0 Å². The highest BCUT2D eigenvalue weighted by Gasteiger charge is 2.14. The van der Waals surface area contributed by atoms with Crippen LogP contribution in [0.1, 0.15) is 16.2 Å². The van der Waals surface area contributed by atoms with Gasteiger partial charge in [0, 0.05) is 36.3 Å². The Bertz CT molecular complexity index is 1200. The molecule has 0 aliphatic rings. The third kappa shape index (κ3) is 4.70. The fraction of sp³-hybridized carbons (Fsp3) is 0.0800. The topological polar surface area (TPSA) is 73.2 Å². The van der Waals surface area contributed by atoms with E-state index in [0.29, 0.717) is 22.8 Å². The molecule has 1 aromatic heterocycles. The molecule has 0 radical (unpaired) electrons. The van der Waals surface area contributed by atoms with Gasteiger partial charge in [0.1, 0.15) is 5.75 Å². The number of carbonyl (C=O) groups excluding carboxylic acids is 2. The van der Waals surface area contributed by atoms with Crippen LogP contribution in [0, 0.1) is 0 Å². The Morgan fingerprint density at radius 2 is 1.65 bits per heavy atom. The van der Waals surface area contributed by atoms with Crippen LogP contribution in [0.4, 0.5) is 5.69 Å². The second-order valence-corrected chi connectivity index (χ2v) is 6.97. The molecular formula is C25H21N3O3. The van der Waals surface area contributed by atoms with E-state index >= 15 is 0 Å². The Morgan fingerprint density at radius 1 is 0.935 bits per heavy atom. The molecule has 6 nitrogen and oxygen atoms in total. The van der Waals surface area contributed by atoms with Gasteiger partial charge in [-0.3, -0.25) is 9.59 Å². The first-order valence-corrected chi connectivity index (χ1v) is 9.81. The number of para-hydroxylation sites is 1. The van der Waals surface area contributed by atoms with E-state index in [1.807, 2.05) is 54.6 Å². The lowest BCUT2D eigenvalue weighted by atomic mass is 10.1. The van der Waals surface area contributed by atoms with Gasteiger partial charge in [-0.15, -0.1) is 0 Å². The number of amides is 1. The van der Waals surface area contributed by atoms with Gasteiger partial charge >= 0.3 is 0 Å². The summed E-state index contributed by atoms with van der Waals surface area (Å²) in [5, 5.41) is 2.79. The number of aryl methyl sites for hydroxylation is 1. The van der Waals surface area contributed by atoms with E-state index in [1.54, 1.807) is 48.3 Å². The summed E-state index contributed by atoms with van der Waals surface area (Å²) in [7, 11) is 1.77. The zero-order chi connectivity index (χ0) is 21.6. The minimum absolute atomic E-state index is 0.127. The Kier molecular flexibility index (Phi) is 5.89. The highest BCUT2D eigenvalue weighted by molar-refractivity contribution is 6.07. The summed E-state index contributed by atoms with van der Waals surface area (Å²) in [4.78, 5) is 28.9. The van der Waals surface area contributed by atoms with Crippen molar-refractivity contribution in [3.8, 4) is 16.9 Å². The number of nitrogens with zero attached hydrogens (tertiary/aromatic N) is 2. The molecule has 0 aliphatic carbocycles. The van der Waals surface area contributed by atoms with Crippen LogP contribution < -0.4 is 10.1 Å². The molecule has 0 atom stereocenters. The van der Waals surface area contributed by atoms with E-state index in [9.17, 15) is 9.59 Å². The number of ketones is 1. The molecule has 1 amide bonds. The molecule has 0 saturated heterocycles. The summed E-state index contributed by atoms with van der Waals surface area (Å²) in [6.07, 6.45) is 3.30. The Hall–Kier alpha value is -4.19. The quantitative estimate of drug-likeness (QED) is 0.459. The van der Waals surface area contributed by atoms with Gasteiger partial charge in [0.2, 0.25) is 5.78 Å². The monoisotopic (exact) mass is 411 g/mol. The number of ether oxygens (including phenoxy) is 1. The number of benzene rings is 3. The second kappa shape index (κ2) is 9.09. The van der Waals surface area contributed by atoms with E-state index in [0.717, 1.165) is 11.1 Å². The predicted octanol–water partition coefficient (Wildman–Crippen LogP) is 4.34. The number of aromatic nitrogens is 2. The fourth-order valence-electron chi connectivity index (χ4n) is 3.21. The van der Waals surface area contributed by atoms with Crippen LogP contribution in [0.25, 0.3) is 11.1 Å². The first-order chi connectivity index (χ1) is 15.1. The molecule has 0 spiro atoms. The summed E-state index contributed by atoms with van der Waals surface area (Å²) in [6.45, 7) is -0.127. The molecule has 6 heteroatoms. The standard InChI is InChI=1S/C25H21N3O3/c1-28-16-15-26-25(28)24(30)19-11-13-20(14-12-19)27-23(29)17-31-22-10-6-5-9-21(22)18-7-3-2-4-8-18/h2-16H,17H2,1H3,(H,27,29). The minimum Gasteiger partial charge on any atom is -0.483 e. The number of hydrogen-bond acceptors (Lipinski definition) is 4. The van der Waals surface area contributed by atoms with Crippen LogP contribution in [-0.2, 0) is 11.8 Å². The number of rotatable bonds is 7. The van der Waals surface area contributed by atoms with Crippen LogP contribution >= 0.6 is 0 Å². The van der Waals surface area contributed by atoms with Crippen LogP contribution in [-0.4, -0.2) is 27.8 Å². The van der Waals surface area contributed by atoms with E-state index in [-0.39, 0.29) is 18.3 Å². The van der Waals surface area contributed by atoms with Crippen molar-refractivity contribution in [1.29, 1.82) is 0 Å². The molecule has 0 aliphatic heterocycles. The van der Waals surface area contributed by atoms with E-state index in [2.05, 4.69) is 10.3 Å². The molecule has 4 rings (SSSR count). The highest BCUT2D eigenvalue weighted by Crippen LogP contribution is 2.29. The SMILES string of the molecule is Cn1ccnc1C(=O)c1ccc(NC(=O)COc2ccccc2-c2ccccc2)cc1. The predicted molar refractivity (Wildman–Crippen MR) is 119 cm³/mol. The maximum atomic E-state index is 12.5. The van der Waals surface area contributed by atoms with Gasteiger partial charge in [-0.2, -0.15) is 0 Å². The third-order valence-corrected chi connectivity index (χ3v) is 4.79. The maximum absolute atomic E-state index is 12.5. The highest BCUT2D eigenvalue weighted by atomic mass is 16.5. The van der Waals surface area contributed by atoms with E-state index in [1.165, 1.54) is 0 Å². The Labute approximate surface area is 180 Å². The lowest BCUT2D eigenvalue weighted by molar-refractivity contribution is -0.118. The molecule has 1 heterocycles. The Morgan fingerprint density at radius 3 is 2.35 bits per heavy atom. The van der Waals surface area contributed by atoms with Crippen LogP contribution in [0.15, 0.2) is 91.3 Å². The molecule has 1 N–H and O–H groups in total. The largest absolute Gasteiger partial charge is 0.483 e. The first kappa shape index (κ1) is 20.1. The van der Waals surface area contributed by atoms with Crippen LogP contribution in [0.2, 0.25) is 0 Å². The zero-order valence-corrected chi connectivity index (χ0v) is 17.0. The second-order valence-electron chi connectivity index (χ2n) is 6.97. The minimum atomic E-state index is -0.286. The van der Waals surface area contributed by atoms with E-state index < -0.39 is 0 Å². The molecule has 31 heavy (non-hydrogen) atoms. The average molecular weight is 411 g/mol. The van der Waals surface area contributed by atoms with Gasteiger partial charge < -0.3 is 14.6 Å². The first-order valence-electron chi connectivity index (χ1n) is 9.81. The van der Waals surface area contributed by atoms with Crippen molar-refractivity contribution in [2.24, 2.45) is 7.05 Å². The molecular weight excluding hydrogens is 390 g/mol. The fourth-order valence-corrected chi connectivity index (χ4v) is 3.21. The van der Waals surface area contributed by atoms with Gasteiger partial charge in [0.05, 0.1) is 0 Å². The number of hydrogen-bond donors (Lipinski definition) is 1. The summed E-state index contributed by atoms with van der Waals surface area (Å²) in [6, 6.07) is 24.2. The lowest BCUT2D eigenvalue weighted by Gasteiger charge is -2.12. The molecule has 154 valence electrons. The van der Waals surface area contributed by atoms with Crippen molar-refractivity contribution >= 4 is 17.4 Å². The zero-order valence-electron chi connectivity index (χ0n) is 17.0. The van der Waals surface area contributed by atoms with Crippen molar-refractivity contribution in [2.75, 3.05) is 11.9 Å². The van der Waals surface area contributed by atoms with Gasteiger partial charge in [-0.25, -0.2) is 4.98 Å². The average Bonchev–Trinajstić information content (AvgIpc) is 3.24. The van der Waals surface area contributed by atoms with Crippen LogP contribution in [0.5, 0.6) is 5.75 Å². The van der Waals surface area contributed by atoms with Crippen molar-refractivity contribution in [1.82, 2.24) is 9.55 Å². The lowest BCUT2D eigenvalue weighted by Crippen LogP contribution is -2.20. The number of carbonyl (C=O) groups is 2. The van der Waals surface area contributed by atoms with Crippen molar-refractivity contribution < 1.29 is 14.3 Å². The summed E-state index contributed by atoms with van der Waals surface area (Å²) in [5.41, 5.74) is 3.03. The summed E-state index contributed by atoms with van der Waals surface area (Å²) >= 11 is 0. The van der Waals surface area contributed by atoms with Crippen molar-refractivity contribution in [3.05, 3.63) is 103 Å². The number of imidazole rings is 1. The number of anilines is 1. The molecule has 4 aromatic rings. The normalized spacial score (nSPS) is 10.5. The maximum Gasteiger partial charge on any atom is 0.262 e. The molecule has 0 saturated carbocycles. The number of nitrogens with one attached hydrogen (secondary N) is 1. The van der Waals surface area contributed by atoms with Crippen LogP contribution in [0.3, 0.4) is 0 Å². The molecule has 0 fully saturated rings. The molecule has 0 unspecified atom stereocenters. The van der Waals surface area contributed by atoms with Gasteiger partial charge in [0.25, 0.3) is 5.91 Å². The summed E-state index contributed by atoms with van der Waals surface area (Å²) < 4.78 is 7.44.